The zero-order valence-corrected chi connectivity index (χ0v) is 19.8. The largest absolute Gasteiger partial charge is 0.493 e. The predicted molar refractivity (Wildman–Crippen MR) is 125 cm³/mol. The Kier molecular flexibility index (Phi) is 5.58. The van der Waals surface area contributed by atoms with Gasteiger partial charge in [-0.2, -0.15) is 0 Å². The number of fused-ring (bicyclic) bond motifs is 3. The number of hydrogen-bond donors (Lipinski definition) is 0. The monoisotopic (exact) mass is 442 g/mol. The lowest BCUT2D eigenvalue weighted by molar-refractivity contribution is -0.138. The third-order valence-corrected chi connectivity index (χ3v) is 8.67. The van der Waals surface area contributed by atoms with Crippen LogP contribution in [0, 0.1) is 11.3 Å². The van der Waals surface area contributed by atoms with Crippen LogP contribution in [0.2, 0.25) is 0 Å². The minimum absolute atomic E-state index is 0.167. The number of carbonyl (C=O) groups excluding carboxylic acids is 1. The Balaban J connectivity index is 1.59. The molecule has 5 rings (SSSR count). The predicted octanol–water partition coefficient (Wildman–Crippen LogP) is 4.77. The van der Waals surface area contributed by atoms with E-state index in [1.165, 1.54) is 18.4 Å². The smallest absolute Gasteiger partial charge is 0.261 e. The Morgan fingerprint density at radius 1 is 1.19 bits per heavy atom. The van der Waals surface area contributed by atoms with Crippen LogP contribution < -0.4 is 4.74 Å². The van der Waals surface area contributed by atoms with Crippen LogP contribution in [-0.4, -0.2) is 48.1 Å². The maximum atomic E-state index is 14.1. The summed E-state index contributed by atoms with van der Waals surface area (Å²) in [5.41, 5.74) is 1.38. The van der Waals surface area contributed by atoms with E-state index in [2.05, 4.69) is 32.0 Å². The van der Waals surface area contributed by atoms with Crippen molar-refractivity contribution in [2.24, 2.45) is 16.3 Å². The summed E-state index contributed by atoms with van der Waals surface area (Å²) in [4.78, 5) is 21.4. The molecular formula is C25H34N2O3S. The van der Waals surface area contributed by atoms with Crippen molar-refractivity contribution >= 4 is 22.8 Å². The molecule has 168 valence electrons. The molecule has 1 aliphatic heterocycles. The average molecular weight is 443 g/mol. The molecule has 0 aromatic heterocycles. The van der Waals surface area contributed by atoms with Gasteiger partial charge >= 0.3 is 0 Å². The molecule has 4 aliphatic rings. The Hall–Kier alpha value is -1.53. The van der Waals surface area contributed by atoms with Crippen LogP contribution in [0.25, 0.3) is 0 Å². The van der Waals surface area contributed by atoms with Crippen molar-refractivity contribution in [2.45, 2.75) is 70.4 Å². The van der Waals surface area contributed by atoms with E-state index in [4.69, 9.17) is 14.5 Å². The van der Waals surface area contributed by atoms with Crippen LogP contribution >= 0.6 is 11.8 Å². The standard InChI is InChI=1S/C25H34N2O3S/c1-4-27-22(28)25(26-23(27)31-5-2)21-14-20(30-16-17-6-7-17)9-8-18(21)15-24(25)12-10-19(29-3)11-13-24/h8-9,14,17,19H,4-7,10-13,15-16H2,1-3H3. The number of benzene rings is 1. The highest BCUT2D eigenvalue weighted by Crippen LogP contribution is 2.62. The van der Waals surface area contributed by atoms with Crippen molar-refractivity contribution < 1.29 is 14.3 Å². The Labute approximate surface area is 190 Å². The third-order valence-electron chi connectivity index (χ3n) is 7.81. The second-order valence-electron chi connectivity index (χ2n) is 9.55. The second-order valence-corrected chi connectivity index (χ2v) is 10.8. The van der Waals surface area contributed by atoms with Gasteiger partial charge in [0, 0.05) is 19.1 Å². The van der Waals surface area contributed by atoms with E-state index in [-0.39, 0.29) is 17.4 Å². The first-order chi connectivity index (χ1) is 15.1. The summed E-state index contributed by atoms with van der Waals surface area (Å²) in [5.74, 6) is 2.66. The number of rotatable bonds is 6. The minimum Gasteiger partial charge on any atom is -0.493 e. The summed E-state index contributed by atoms with van der Waals surface area (Å²) >= 11 is 1.69. The zero-order valence-electron chi connectivity index (χ0n) is 19.0. The third kappa shape index (κ3) is 3.32. The molecule has 0 N–H and O–H groups in total. The van der Waals surface area contributed by atoms with Gasteiger partial charge in [-0.25, -0.2) is 4.99 Å². The van der Waals surface area contributed by atoms with Crippen LogP contribution in [0.3, 0.4) is 0 Å². The fourth-order valence-electron chi connectivity index (χ4n) is 5.90. The number of amidine groups is 1. The van der Waals surface area contributed by atoms with Gasteiger partial charge in [-0.05, 0) is 86.8 Å². The molecule has 2 fully saturated rings. The first-order valence-corrected chi connectivity index (χ1v) is 12.9. The maximum Gasteiger partial charge on any atom is 0.261 e. The van der Waals surface area contributed by atoms with Crippen LogP contribution in [-0.2, 0) is 21.5 Å². The van der Waals surface area contributed by atoms with E-state index in [1.54, 1.807) is 18.9 Å². The number of carbonyl (C=O) groups is 1. The first kappa shape index (κ1) is 21.3. The van der Waals surface area contributed by atoms with Gasteiger partial charge < -0.3 is 9.47 Å². The Bertz CT molecular complexity index is 889. The summed E-state index contributed by atoms with van der Waals surface area (Å²) in [6.07, 6.45) is 7.65. The van der Waals surface area contributed by atoms with E-state index in [1.807, 2.05) is 4.90 Å². The molecule has 2 saturated carbocycles. The summed E-state index contributed by atoms with van der Waals surface area (Å²) in [7, 11) is 1.80. The van der Waals surface area contributed by atoms with Gasteiger partial charge in [0.25, 0.3) is 5.91 Å². The zero-order chi connectivity index (χ0) is 21.6. The molecule has 1 amide bonds. The van der Waals surface area contributed by atoms with Gasteiger partial charge in [-0.3, -0.25) is 9.69 Å². The lowest BCUT2D eigenvalue weighted by Gasteiger charge is -2.45. The molecule has 1 atom stereocenters. The van der Waals surface area contributed by atoms with E-state index >= 15 is 0 Å². The number of ether oxygens (including phenoxy) is 2. The Morgan fingerprint density at radius 2 is 1.97 bits per heavy atom. The normalized spacial score (nSPS) is 32.1. The second kappa shape index (κ2) is 8.11. The molecule has 5 nitrogen and oxygen atoms in total. The van der Waals surface area contributed by atoms with Crippen molar-refractivity contribution in [1.82, 2.24) is 4.90 Å². The molecule has 2 spiro atoms. The number of methoxy groups -OCH3 is 1. The van der Waals surface area contributed by atoms with Gasteiger partial charge in [0.05, 0.1) is 12.7 Å². The SMILES string of the molecule is CCSC1=NC2(C(=O)N1CC)c1cc(OCC3CC3)ccc1CC21CCC(OC)CC1. The molecule has 3 aliphatic carbocycles. The summed E-state index contributed by atoms with van der Waals surface area (Å²) in [5, 5.41) is 0.889. The molecule has 1 heterocycles. The highest BCUT2D eigenvalue weighted by molar-refractivity contribution is 8.13. The molecule has 0 bridgehead atoms. The van der Waals surface area contributed by atoms with Crippen molar-refractivity contribution in [1.29, 1.82) is 0 Å². The fourth-order valence-corrected chi connectivity index (χ4v) is 6.73. The fraction of sp³-hybridized carbons (Fsp3) is 0.680. The van der Waals surface area contributed by atoms with Crippen LogP contribution in [0.15, 0.2) is 23.2 Å². The summed E-state index contributed by atoms with van der Waals surface area (Å²) in [6, 6.07) is 6.43. The lowest BCUT2D eigenvalue weighted by Crippen LogP contribution is -2.51. The Morgan fingerprint density at radius 3 is 2.61 bits per heavy atom. The molecule has 31 heavy (non-hydrogen) atoms. The van der Waals surface area contributed by atoms with E-state index in [9.17, 15) is 4.79 Å². The highest BCUT2D eigenvalue weighted by Gasteiger charge is 2.66. The lowest BCUT2D eigenvalue weighted by atomic mass is 9.61. The van der Waals surface area contributed by atoms with Gasteiger partial charge in [-0.1, -0.05) is 24.8 Å². The molecule has 0 radical (unpaired) electrons. The summed E-state index contributed by atoms with van der Waals surface area (Å²) in [6.45, 7) is 5.63. The highest BCUT2D eigenvalue weighted by atomic mass is 32.2. The molecule has 0 saturated heterocycles. The number of nitrogens with zero attached hydrogens (tertiary/aromatic N) is 2. The minimum atomic E-state index is -0.812. The van der Waals surface area contributed by atoms with Gasteiger partial charge in [0.1, 0.15) is 5.75 Å². The molecule has 1 unspecified atom stereocenters. The molecule has 1 aromatic carbocycles. The molecule has 6 heteroatoms. The quantitative estimate of drug-likeness (QED) is 0.637. The van der Waals surface area contributed by atoms with E-state index < -0.39 is 5.54 Å². The van der Waals surface area contributed by atoms with E-state index in [0.717, 1.165) is 60.9 Å². The van der Waals surface area contributed by atoms with Crippen LogP contribution in [0.1, 0.15) is 63.5 Å². The number of aliphatic imine (C=N–C) groups is 1. The number of likely N-dealkylation sites (N-methyl/N-ethyl adjacent to an activating group) is 1. The van der Waals surface area contributed by atoms with Crippen molar-refractivity contribution in [3.63, 3.8) is 0 Å². The van der Waals surface area contributed by atoms with Gasteiger partial charge in [0.15, 0.2) is 10.7 Å². The van der Waals surface area contributed by atoms with Crippen LogP contribution in [0.4, 0.5) is 0 Å². The van der Waals surface area contributed by atoms with Gasteiger partial charge in [-0.15, -0.1) is 0 Å². The number of amides is 1. The number of thioether (sulfide) groups is 1. The van der Waals surface area contributed by atoms with Crippen molar-refractivity contribution in [3.8, 4) is 5.75 Å². The first-order valence-electron chi connectivity index (χ1n) is 11.9. The maximum absolute atomic E-state index is 14.1. The molecular weight excluding hydrogens is 408 g/mol. The van der Waals surface area contributed by atoms with Gasteiger partial charge in [0.2, 0.25) is 0 Å². The average Bonchev–Trinajstić information content (AvgIpc) is 3.52. The summed E-state index contributed by atoms with van der Waals surface area (Å²) < 4.78 is 11.8. The van der Waals surface area contributed by atoms with Crippen molar-refractivity contribution in [2.75, 3.05) is 26.0 Å². The molecule has 1 aromatic rings. The van der Waals surface area contributed by atoms with E-state index in [0.29, 0.717) is 12.5 Å². The number of hydrogen-bond acceptors (Lipinski definition) is 5. The van der Waals surface area contributed by atoms with Crippen LogP contribution in [0.5, 0.6) is 5.75 Å². The van der Waals surface area contributed by atoms with Crippen molar-refractivity contribution in [3.05, 3.63) is 29.3 Å². The topological polar surface area (TPSA) is 51.1 Å².